The number of nitrogen functional groups attached to an aromatic ring is 1. The highest BCUT2D eigenvalue weighted by atomic mass is 16.2. The Morgan fingerprint density at radius 3 is 2.28 bits per heavy atom. The first kappa shape index (κ1) is 22.5. The van der Waals surface area contributed by atoms with Gasteiger partial charge in [-0.2, -0.15) is 0 Å². The van der Waals surface area contributed by atoms with Gasteiger partial charge in [-0.15, -0.1) is 0 Å². The third-order valence-electron chi connectivity index (χ3n) is 5.06. The molecule has 0 atom stereocenters. The smallest absolute Gasteiger partial charge is 0.330 e. The molecule has 0 fully saturated rings. The Morgan fingerprint density at radius 1 is 1.03 bits per heavy atom. The van der Waals surface area contributed by atoms with E-state index in [0.29, 0.717) is 18.7 Å². The molecule has 158 valence electrons. The standard InChI is InChI=1S/C22H32N4O3/c1-4-7-9-15-25(21(28)17-12-10-16(6-3)11-13-17)18-19(23)26(14-8-5-2)22(29)24-20(18)27/h10-13H,4-9,14-15,23H2,1-3H3,(H,24,27,29). The van der Waals surface area contributed by atoms with Crippen molar-refractivity contribution in [3.8, 4) is 0 Å². The molecule has 1 heterocycles. The number of rotatable bonds is 10. The van der Waals surface area contributed by atoms with Crippen LogP contribution >= 0.6 is 0 Å². The number of unbranched alkanes of at least 4 members (excludes halogenated alkanes) is 3. The molecule has 29 heavy (non-hydrogen) atoms. The molecule has 7 heteroatoms. The van der Waals surface area contributed by atoms with E-state index in [4.69, 9.17) is 5.73 Å². The van der Waals surface area contributed by atoms with Gasteiger partial charge in [-0.25, -0.2) is 4.79 Å². The summed E-state index contributed by atoms with van der Waals surface area (Å²) in [5.41, 5.74) is 6.74. The number of nitrogens with one attached hydrogen (secondary N) is 1. The summed E-state index contributed by atoms with van der Waals surface area (Å²) in [5.74, 6) is -0.246. The quantitative estimate of drug-likeness (QED) is 0.597. The molecule has 0 saturated heterocycles. The topological polar surface area (TPSA) is 101 Å². The second-order valence-electron chi connectivity index (χ2n) is 7.21. The van der Waals surface area contributed by atoms with Crippen LogP contribution in [0.2, 0.25) is 0 Å². The molecule has 2 aromatic rings. The van der Waals surface area contributed by atoms with Crippen LogP contribution < -0.4 is 21.9 Å². The minimum absolute atomic E-state index is 0.0437. The summed E-state index contributed by atoms with van der Waals surface area (Å²) in [6.07, 6.45) is 5.15. The van der Waals surface area contributed by atoms with Crippen LogP contribution in [0.15, 0.2) is 33.9 Å². The molecule has 0 spiro atoms. The van der Waals surface area contributed by atoms with Crippen molar-refractivity contribution in [1.82, 2.24) is 9.55 Å². The second-order valence-corrected chi connectivity index (χ2v) is 7.21. The van der Waals surface area contributed by atoms with Gasteiger partial charge in [0.1, 0.15) is 5.82 Å². The lowest BCUT2D eigenvalue weighted by Crippen LogP contribution is -2.41. The van der Waals surface area contributed by atoms with Crippen LogP contribution in [0, 0.1) is 0 Å². The molecule has 3 N–H and O–H groups in total. The SMILES string of the molecule is CCCCCN(C(=O)c1ccc(CC)cc1)c1c(N)n(CCCC)c(=O)[nH]c1=O. The van der Waals surface area contributed by atoms with Gasteiger partial charge in [-0.05, 0) is 37.0 Å². The van der Waals surface area contributed by atoms with E-state index in [1.54, 1.807) is 12.1 Å². The maximum Gasteiger partial charge on any atom is 0.330 e. The largest absolute Gasteiger partial charge is 0.383 e. The molecule has 1 aromatic carbocycles. The number of benzene rings is 1. The fourth-order valence-electron chi connectivity index (χ4n) is 3.25. The summed E-state index contributed by atoms with van der Waals surface area (Å²) < 4.78 is 1.35. The van der Waals surface area contributed by atoms with E-state index in [0.717, 1.165) is 44.1 Å². The van der Waals surface area contributed by atoms with Gasteiger partial charge in [0.05, 0.1) is 0 Å². The maximum absolute atomic E-state index is 13.3. The first-order valence-electron chi connectivity index (χ1n) is 10.5. The summed E-state index contributed by atoms with van der Waals surface area (Å²) in [4.78, 5) is 41.9. The zero-order valence-electron chi connectivity index (χ0n) is 17.7. The molecule has 7 nitrogen and oxygen atoms in total. The fourth-order valence-corrected chi connectivity index (χ4v) is 3.25. The number of carbonyl (C=O) groups is 1. The van der Waals surface area contributed by atoms with Crippen molar-refractivity contribution in [2.24, 2.45) is 0 Å². The van der Waals surface area contributed by atoms with Crippen molar-refractivity contribution >= 4 is 17.4 Å². The normalized spacial score (nSPS) is 10.9. The summed E-state index contributed by atoms with van der Waals surface area (Å²) in [7, 11) is 0. The molecular weight excluding hydrogens is 368 g/mol. The van der Waals surface area contributed by atoms with Crippen LogP contribution in [0.5, 0.6) is 0 Å². The van der Waals surface area contributed by atoms with Crippen LogP contribution in [0.3, 0.4) is 0 Å². The lowest BCUT2D eigenvalue weighted by atomic mass is 10.1. The second kappa shape index (κ2) is 10.6. The zero-order chi connectivity index (χ0) is 21.4. The van der Waals surface area contributed by atoms with E-state index in [2.05, 4.69) is 11.9 Å². The number of nitrogens with two attached hydrogens (primary N) is 1. The predicted molar refractivity (Wildman–Crippen MR) is 118 cm³/mol. The third kappa shape index (κ3) is 5.37. The molecule has 0 saturated carbocycles. The molecule has 0 aliphatic rings. The minimum atomic E-state index is -0.629. The number of carbonyl (C=O) groups excluding carboxylic acids is 1. The van der Waals surface area contributed by atoms with Gasteiger partial charge >= 0.3 is 5.69 Å². The van der Waals surface area contributed by atoms with Crippen molar-refractivity contribution in [2.75, 3.05) is 17.2 Å². The Morgan fingerprint density at radius 2 is 1.69 bits per heavy atom. The summed E-state index contributed by atoms with van der Waals surface area (Å²) in [5, 5.41) is 0. The van der Waals surface area contributed by atoms with Gasteiger partial charge in [-0.3, -0.25) is 19.1 Å². The van der Waals surface area contributed by atoms with E-state index in [-0.39, 0.29) is 17.4 Å². The number of amides is 1. The number of aromatic amines is 1. The minimum Gasteiger partial charge on any atom is -0.383 e. The molecule has 2 rings (SSSR count). The Labute approximate surface area is 171 Å². The number of aromatic nitrogens is 2. The molecule has 0 aliphatic carbocycles. The van der Waals surface area contributed by atoms with Gasteiger partial charge in [0.2, 0.25) is 0 Å². The number of H-pyrrole nitrogens is 1. The first-order valence-corrected chi connectivity index (χ1v) is 10.5. The molecule has 1 aromatic heterocycles. The van der Waals surface area contributed by atoms with Crippen molar-refractivity contribution in [2.45, 2.75) is 65.8 Å². The van der Waals surface area contributed by atoms with Crippen molar-refractivity contribution in [3.05, 3.63) is 56.2 Å². The molecule has 0 aliphatic heterocycles. The van der Waals surface area contributed by atoms with Crippen LogP contribution in [-0.2, 0) is 13.0 Å². The highest BCUT2D eigenvalue weighted by Gasteiger charge is 2.25. The fraction of sp³-hybridized carbons (Fsp3) is 0.500. The van der Waals surface area contributed by atoms with Gasteiger partial charge in [0.25, 0.3) is 11.5 Å². The van der Waals surface area contributed by atoms with E-state index in [1.807, 2.05) is 26.0 Å². The molecular formula is C22H32N4O3. The zero-order valence-corrected chi connectivity index (χ0v) is 17.7. The Kier molecular flexibility index (Phi) is 8.24. The number of hydrogen-bond acceptors (Lipinski definition) is 4. The van der Waals surface area contributed by atoms with Gasteiger partial charge in [-0.1, -0.05) is 52.2 Å². The monoisotopic (exact) mass is 400 g/mol. The Balaban J connectivity index is 2.52. The summed E-state index contributed by atoms with van der Waals surface area (Å²) in [6.45, 7) is 6.89. The molecule has 0 bridgehead atoms. The summed E-state index contributed by atoms with van der Waals surface area (Å²) >= 11 is 0. The van der Waals surface area contributed by atoms with Crippen molar-refractivity contribution in [1.29, 1.82) is 0 Å². The number of aryl methyl sites for hydroxylation is 1. The highest BCUT2D eigenvalue weighted by Crippen LogP contribution is 2.21. The van der Waals surface area contributed by atoms with Crippen LogP contribution in [0.25, 0.3) is 0 Å². The van der Waals surface area contributed by atoms with Crippen molar-refractivity contribution < 1.29 is 4.79 Å². The number of anilines is 2. The Bertz CT molecular complexity index is 929. The van der Waals surface area contributed by atoms with Crippen LogP contribution in [-0.4, -0.2) is 22.0 Å². The van der Waals surface area contributed by atoms with E-state index in [1.165, 1.54) is 9.47 Å². The average Bonchev–Trinajstić information content (AvgIpc) is 2.72. The van der Waals surface area contributed by atoms with Gasteiger partial charge in [0.15, 0.2) is 5.69 Å². The Hall–Kier alpha value is -2.83. The number of hydrogen-bond donors (Lipinski definition) is 2. The van der Waals surface area contributed by atoms with E-state index in [9.17, 15) is 14.4 Å². The lowest BCUT2D eigenvalue weighted by molar-refractivity contribution is 0.0986. The van der Waals surface area contributed by atoms with Gasteiger partial charge in [0, 0.05) is 18.7 Å². The van der Waals surface area contributed by atoms with E-state index >= 15 is 0 Å². The predicted octanol–water partition coefficient (Wildman–Crippen LogP) is 3.32. The maximum atomic E-state index is 13.3. The van der Waals surface area contributed by atoms with Crippen LogP contribution in [0.4, 0.5) is 11.5 Å². The van der Waals surface area contributed by atoms with Gasteiger partial charge < -0.3 is 10.6 Å². The molecule has 0 radical (unpaired) electrons. The van der Waals surface area contributed by atoms with Crippen molar-refractivity contribution in [3.63, 3.8) is 0 Å². The lowest BCUT2D eigenvalue weighted by Gasteiger charge is -2.24. The molecule has 1 amide bonds. The first-order chi connectivity index (χ1) is 13.9. The third-order valence-corrected chi connectivity index (χ3v) is 5.06. The van der Waals surface area contributed by atoms with Crippen LogP contribution in [0.1, 0.15) is 68.8 Å². The number of nitrogens with zero attached hydrogens (tertiary/aromatic N) is 2. The van der Waals surface area contributed by atoms with E-state index < -0.39 is 11.2 Å². The summed E-state index contributed by atoms with van der Waals surface area (Å²) in [6, 6.07) is 7.36. The average molecular weight is 401 g/mol. The molecule has 0 unspecified atom stereocenters. The highest BCUT2D eigenvalue weighted by molar-refractivity contribution is 6.07.